The van der Waals surface area contributed by atoms with Gasteiger partial charge in [-0.15, -0.1) is 0 Å². The first-order chi connectivity index (χ1) is 18.2. The second-order valence-electron chi connectivity index (χ2n) is 11.3. The zero-order valence-corrected chi connectivity index (χ0v) is 23.9. The van der Waals surface area contributed by atoms with Crippen LogP contribution in [0.4, 0.5) is 10.1 Å². The van der Waals surface area contributed by atoms with E-state index in [0.717, 1.165) is 11.3 Å². The van der Waals surface area contributed by atoms with Gasteiger partial charge in [-0.05, 0) is 54.0 Å². The SMILES string of the molecule is CC(C)(C)C.CC1CC(C#N)N(C(=O)CN(C)C(=O)C(N)Cc2ccc(F)cc2)C1.O=CNc1ccccc1. The Hall–Kier alpha value is -3.77. The maximum Gasteiger partial charge on any atom is 0.243 e. The molecule has 0 aliphatic carbocycles. The second-order valence-corrected chi connectivity index (χ2v) is 11.3. The standard InChI is InChI=1S/C18H23FN4O2.C7H7NO.C5H12/c1-12-7-15(9-20)23(10-12)17(24)11-22(2)18(25)16(21)8-13-3-5-14(19)6-4-13;9-6-8-7-4-2-1-3-5-7;1-5(2,3)4/h3-6,12,15-16H,7-8,10-11,21H2,1-2H3;1-6H,(H,8,9);1-4H3. The monoisotopic (exact) mass is 539 g/mol. The molecule has 3 amide bonds. The molecule has 0 aromatic heterocycles. The van der Waals surface area contributed by atoms with Crippen molar-refractivity contribution in [2.45, 2.75) is 59.5 Å². The molecular weight excluding hydrogens is 497 g/mol. The van der Waals surface area contributed by atoms with Crippen LogP contribution in [0.1, 0.15) is 46.6 Å². The number of likely N-dealkylation sites (tertiary alicyclic amines) is 1. The first-order valence-electron chi connectivity index (χ1n) is 12.9. The van der Waals surface area contributed by atoms with Gasteiger partial charge in [0.1, 0.15) is 11.9 Å². The molecule has 3 N–H and O–H groups in total. The van der Waals surface area contributed by atoms with Crippen molar-refractivity contribution in [3.63, 3.8) is 0 Å². The molecule has 3 unspecified atom stereocenters. The summed E-state index contributed by atoms with van der Waals surface area (Å²) in [7, 11) is 1.52. The predicted octanol–water partition coefficient (Wildman–Crippen LogP) is 4.22. The second kappa shape index (κ2) is 16.2. The van der Waals surface area contributed by atoms with Crippen LogP contribution in [0.15, 0.2) is 54.6 Å². The van der Waals surface area contributed by atoms with Crippen molar-refractivity contribution >= 4 is 23.9 Å². The van der Waals surface area contributed by atoms with Crippen LogP contribution in [0.2, 0.25) is 0 Å². The summed E-state index contributed by atoms with van der Waals surface area (Å²) in [6.45, 7) is 11.2. The number of likely N-dealkylation sites (N-methyl/N-ethyl adjacent to an activating group) is 1. The van der Waals surface area contributed by atoms with Gasteiger partial charge in [0.15, 0.2) is 0 Å². The first kappa shape index (κ1) is 33.3. The van der Waals surface area contributed by atoms with E-state index in [2.05, 4.69) is 39.1 Å². The van der Waals surface area contributed by atoms with Crippen LogP contribution in [-0.2, 0) is 20.8 Å². The Morgan fingerprint density at radius 2 is 1.74 bits per heavy atom. The Labute approximate surface area is 232 Å². The van der Waals surface area contributed by atoms with E-state index in [1.54, 1.807) is 12.1 Å². The van der Waals surface area contributed by atoms with Gasteiger partial charge in [0.05, 0.1) is 18.7 Å². The van der Waals surface area contributed by atoms with Crippen LogP contribution in [0, 0.1) is 28.5 Å². The number of rotatable bonds is 7. The van der Waals surface area contributed by atoms with Gasteiger partial charge in [0.25, 0.3) is 0 Å². The maximum absolute atomic E-state index is 12.9. The Morgan fingerprint density at radius 3 is 2.26 bits per heavy atom. The number of nitrogens with two attached hydrogens (primary N) is 1. The molecule has 1 aliphatic rings. The molecule has 1 aliphatic heterocycles. The molecule has 1 fully saturated rings. The highest BCUT2D eigenvalue weighted by atomic mass is 19.1. The Morgan fingerprint density at radius 1 is 1.18 bits per heavy atom. The number of nitrogens with one attached hydrogen (secondary N) is 1. The summed E-state index contributed by atoms with van der Waals surface area (Å²) >= 11 is 0. The molecule has 1 saturated heterocycles. The maximum atomic E-state index is 12.9. The average Bonchev–Trinajstić information content (AvgIpc) is 3.26. The Kier molecular flexibility index (Phi) is 13.9. The number of nitriles is 1. The molecule has 0 saturated carbocycles. The van der Waals surface area contributed by atoms with E-state index in [4.69, 9.17) is 11.0 Å². The lowest BCUT2D eigenvalue weighted by molar-refractivity contribution is -0.140. The fourth-order valence-corrected chi connectivity index (χ4v) is 3.66. The third-order valence-corrected chi connectivity index (χ3v) is 5.41. The number of benzene rings is 2. The molecule has 3 atom stereocenters. The largest absolute Gasteiger partial charge is 0.335 e. The van der Waals surface area contributed by atoms with E-state index in [1.165, 1.54) is 29.0 Å². The number of nitrogens with zero attached hydrogens (tertiary/aromatic N) is 3. The first-order valence-corrected chi connectivity index (χ1v) is 12.9. The van der Waals surface area contributed by atoms with Crippen LogP contribution in [-0.4, -0.2) is 60.2 Å². The summed E-state index contributed by atoms with van der Waals surface area (Å²) in [6, 6.07) is 16.0. The van der Waals surface area contributed by atoms with Gasteiger partial charge in [0.2, 0.25) is 18.2 Å². The van der Waals surface area contributed by atoms with Crippen molar-refractivity contribution in [2.24, 2.45) is 17.1 Å². The minimum absolute atomic E-state index is 0.110. The van der Waals surface area contributed by atoms with Crippen molar-refractivity contribution in [2.75, 3.05) is 25.5 Å². The highest BCUT2D eigenvalue weighted by molar-refractivity contribution is 5.87. The number of hydrogen-bond acceptors (Lipinski definition) is 5. The van der Waals surface area contributed by atoms with E-state index < -0.39 is 12.1 Å². The summed E-state index contributed by atoms with van der Waals surface area (Å²) in [5.74, 6) is -0.687. The van der Waals surface area contributed by atoms with Crippen LogP contribution in [0.5, 0.6) is 0 Å². The minimum Gasteiger partial charge on any atom is -0.335 e. The van der Waals surface area contributed by atoms with E-state index in [-0.39, 0.29) is 36.5 Å². The smallest absolute Gasteiger partial charge is 0.243 e. The van der Waals surface area contributed by atoms with Gasteiger partial charge < -0.3 is 20.9 Å². The van der Waals surface area contributed by atoms with Gasteiger partial charge in [-0.25, -0.2) is 4.39 Å². The molecule has 3 rings (SSSR count). The van der Waals surface area contributed by atoms with Crippen LogP contribution in [0.3, 0.4) is 0 Å². The number of halogens is 1. The summed E-state index contributed by atoms with van der Waals surface area (Å²) in [5, 5.41) is 11.7. The van der Waals surface area contributed by atoms with Crippen molar-refractivity contribution in [1.82, 2.24) is 9.80 Å². The van der Waals surface area contributed by atoms with Gasteiger partial charge in [-0.2, -0.15) is 5.26 Å². The van der Waals surface area contributed by atoms with Gasteiger partial charge in [0, 0.05) is 19.3 Å². The van der Waals surface area contributed by atoms with Crippen LogP contribution < -0.4 is 11.1 Å². The average molecular weight is 540 g/mol. The number of hydrogen-bond donors (Lipinski definition) is 2. The molecule has 2 aromatic carbocycles. The zero-order chi connectivity index (χ0) is 29.6. The van der Waals surface area contributed by atoms with E-state index in [9.17, 15) is 18.8 Å². The van der Waals surface area contributed by atoms with Crippen molar-refractivity contribution in [3.8, 4) is 6.07 Å². The molecule has 0 spiro atoms. The third-order valence-electron chi connectivity index (χ3n) is 5.41. The molecule has 2 aromatic rings. The summed E-state index contributed by atoms with van der Waals surface area (Å²) < 4.78 is 12.9. The van der Waals surface area contributed by atoms with E-state index in [1.807, 2.05) is 37.3 Å². The molecule has 1 heterocycles. The normalized spacial score (nSPS) is 16.8. The molecule has 212 valence electrons. The molecular formula is C30H42FN5O3. The van der Waals surface area contributed by atoms with E-state index >= 15 is 0 Å². The summed E-state index contributed by atoms with van der Waals surface area (Å²) in [4.78, 5) is 37.4. The highest BCUT2D eigenvalue weighted by Crippen LogP contribution is 2.22. The lowest BCUT2D eigenvalue weighted by Crippen LogP contribution is -2.48. The van der Waals surface area contributed by atoms with Gasteiger partial charge >= 0.3 is 0 Å². The highest BCUT2D eigenvalue weighted by Gasteiger charge is 2.34. The quantitative estimate of drug-likeness (QED) is 0.511. The Balaban J connectivity index is 0.000000444. The topological polar surface area (TPSA) is 120 Å². The van der Waals surface area contributed by atoms with Crippen molar-refractivity contribution in [1.29, 1.82) is 5.26 Å². The van der Waals surface area contributed by atoms with Gasteiger partial charge in [-0.1, -0.05) is 65.0 Å². The number of carbonyl (C=O) groups excluding carboxylic acids is 3. The van der Waals surface area contributed by atoms with Crippen LogP contribution in [0.25, 0.3) is 0 Å². The molecule has 0 radical (unpaired) electrons. The van der Waals surface area contributed by atoms with E-state index in [0.29, 0.717) is 24.8 Å². The minimum atomic E-state index is -0.812. The fourth-order valence-electron chi connectivity index (χ4n) is 3.66. The molecule has 0 bridgehead atoms. The number of para-hydroxylation sites is 1. The fraction of sp³-hybridized carbons (Fsp3) is 0.467. The third kappa shape index (κ3) is 13.5. The number of carbonyl (C=O) groups is 3. The summed E-state index contributed by atoms with van der Waals surface area (Å²) in [5.41, 5.74) is 8.01. The predicted molar refractivity (Wildman–Crippen MR) is 152 cm³/mol. The molecule has 8 nitrogen and oxygen atoms in total. The van der Waals surface area contributed by atoms with Crippen molar-refractivity contribution < 1.29 is 18.8 Å². The zero-order valence-electron chi connectivity index (χ0n) is 23.9. The number of amides is 3. The lowest BCUT2D eigenvalue weighted by Gasteiger charge is -2.25. The molecule has 39 heavy (non-hydrogen) atoms. The van der Waals surface area contributed by atoms with Crippen LogP contribution >= 0.6 is 0 Å². The number of anilines is 1. The molecule has 9 heteroatoms. The van der Waals surface area contributed by atoms with Gasteiger partial charge in [-0.3, -0.25) is 14.4 Å². The van der Waals surface area contributed by atoms with Crippen molar-refractivity contribution in [3.05, 3.63) is 66.0 Å². The lowest BCUT2D eigenvalue weighted by atomic mass is 10.0. The Bertz CT molecular complexity index is 1070. The summed E-state index contributed by atoms with van der Waals surface area (Å²) in [6.07, 6.45) is 1.58.